The monoisotopic (exact) mass is 467 g/mol. The number of hydrogen-bond acceptors (Lipinski definition) is 5. The second kappa shape index (κ2) is 9.63. The molecule has 0 amide bonds. The number of ether oxygens (including phenoxy) is 1. The van der Waals surface area contributed by atoms with Crippen LogP contribution in [0.3, 0.4) is 0 Å². The predicted octanol–water partition coefficient (Wildman–Crippen LogP) is 5.11. The summed E-state index contributed by atoms with van der Waals surface area (Å²) >= 11 is 0. The van der Waals surface area contributed by atoms with Crippen LogP contribution in [0.4, 0.5) is 4.39 Å². The molecule has 2 heterocycles. The summed E-state index contributed by atoms with van der Waals surface area (Å²) in [5.74, 6) is -1.88. The zero-order chi connectivity index (χ0) is 24.4. The van der Waals surface area contributed by atoms with Gasteiger partial charge in [-0.2, -0.15) is 5.26 Å². The molecule has 0 spiro atoms. The first kappa shape index (κ1) is 22.7. The Hall–Kier alpha value is -4.12. The summed E-state index contributed by atoms with van der Waals surface area (Å²) in [6.45, 7) is 4.09. The highest BCUT2D eigenvalue weighted by atomic mass is 19.1. The molecule has 1 aliphatic rings. The summed E-state index contributed by atoms with van der Waals surface area (Å²) in [4.78, 5) is 18.9. The fourth-order valence-corrected chi connectivity index (χ4v) is 4.52. The fourth-order valence-electron chi connectivity index (χ4n) is 4.52. The van der Waals surface area contributed by atoms with Crippen molar-refractivity contribution in [2.24, 2.45) is 0 Å². The zero-order valence-electron chi connectivity index (χ0n) is 18.9. The highest BCUT2D eigenvalue weighted by Crippen LogP contribution is 2.32. The smallest absolute Gasteiger partial charge is 0.337 e. The van der Waals surface area contributed by atoms with E-state index in [0.717, 1.165) is 50.0 Å². The van der Waals surface area contributed by atoms with E-state index >= 15 is 0 Å². The SMILES string of the molecule is N#Cc1c(-c2ccc(-c3ccccc3CN3CCOCC3)cc2)nc2ccc(F)cc2c1C(=O)O. The van der Waals surface area contributed by atoms with Crippen molar-refractivity contribution in [1.29, 1.82) is 5.26 Å². The van der Waals surface area contributed by atoms with Crippen molar-refractivity contribution in [2.45, 2.75) is 6.54 Å². The molecule has 6 nitrogen and oxygen atoms in total. The molecule has 0 radical (unpaired) electrons. The molecule has 7 heteroatoms. The van der Waals surface area contributed by atoms with Gasteiger partial charge in [0.25, 0.3) is 0 Å². The van der Waals surface area contributed by atoms with Gasteiger partial charge in [-0.3, -0.25) is 4.90 Å². The number of nitriles is 1. The zero-order valence-corrected chi connectivity index (χ0v) is 18.9. The van der Waals surface area contributed by atoms with Crippen LogP contribution in [0.2, 0.25) is 0 Å². The van der Waals surface area contributed by atoms with Crippen molar-refractivity contribution in [1.82, 2.24) is 9.88 Å². The molecule has 1 aliphatic heterocycles. The molecular weight excluding hydrogens is 445 g/mol. The maximum Gasteiger partial charge on any atom is 0.337 e. The number of carbonyl (C=O) groups is 1. The van der Waals surface area contributed by atoms with Crippen molar-refractivity contribution in [3.8, 4) is 28.5 Å². The van der Waals surface area contributed by atoms with Gasteiger partial charge in [-0.05, 0) is 34.9 Å². The summed E-state index contributed by atoms with van der Waals surface area (Å²) < 4.78 is 19.3. The number of nitrogens with zero attached hydrogens (tertiary/aromatic N) is 3. The fraction of sp³-hybridized carbons (Fsp3) is 0.179. The second-order valence-corrected chi connectivity index (χ2v) is 8.41. The Bertz CT molecular complexity index is 1460. The molecule has 0 bridgehead atoms. The third-order valence-corrected chi connectivity index (χ3v) is 6.26. The van der Waals surface area contributed by atoms with Crippen LogP contribution in [0, 0.1) is 17.1 Å². The summed E-state index contributed by atoms with van der Waals surface area (Å²) in [6, 6.07) is 21.5. The first-order chi connectivity index (χ1) is 17.0. The van der Waals surface area contributed by atoms with Gasteiger partial charge >= 0.3 is 5.97 Å². The third-order valence-electron chi connectivity index (χ3n) is 6.26. The van der Waals surface area contributed by atoms with E-state index in [-0.39, 0.29) is 22.2 Å². The van der Waals surface area contributed by atoms with Gasteiger partial charge in [-0.15, -0.1) is 0 Å². The first-order valence-electron chi connectivity index (χ1n) is 11.3. The maximum absolute atomic E-state index is 13.8. The normalized spacial score (nSPS) is 14.1. The molecule has 0 unspecified atom stereocenters. The Kier molecular flexibility index (Phi) is 6.23. The lowest BCUT2D eigenvalue weighted by molar-refractivity contribution is 0.0342. The van der Waals surface area contributed by atoms with Gasteiger partial charge in [0.05, 0.1) is 35.6 Å². The van der Waals surface area contributed by atoms with Crippen LogP contribution < -0.4 is 0 Å². The first-order valence-corrected chi connectivity index (χ1v) is 11.3. The molecule has 1 fully saturated rings. The summed E-state index contributed by atoms with van der Waals surface area (Å²) in [5, 5.41) is 19.7. The number of hydrogen-bond donors (Lipinski definition) is 1. The molecular formula is C28H22FN3O3. The van der Waals surface area contributed by atoms with E-state index in [0.29, 0.717) is 11.1 Å². The van der Waals surface area contributed by atoms with Crippen LogP contribution >= 0.6 is 0 Å². The number of pyridine rings is 1. The largest absolute Gasteiger partial charge is 0.478 e. The molecule has 1 saturated heterocycles. The summed E-state index contributed by atoms with van der Waals surface area (Å²) in [5.41, 5.74) is 4.19. The van der Waals surface area contributed by atoms with E-state index in [9.17, 15) is 19.6 Å². The standard InChI is InChI=1S/C28H22FN3O3/c29-21-9-10-25-23(15-21)26(28(33)34)24(16-30)27(31-25)19-7-5-18(6-8-19)22-4-2-1-3-20(22)17-32-11-13-35-14-12-32/h1-10,15H,11-14,17H2,(H,33,34). The van der Waals surface area contributed by atoms with Crippen LogP contribution in [0.25, 0.3) is 33.3 Å². The Balaban J connectivity index is 1.55. The average molecular weight is 468 g/mol. The number of aromatic nitrogens is 1. The molecule has 0 aliphatic carbocycles. The molecule has 1 N–H and O–H groups in total. The molecule has 0 saturated carbocycles. The van der Waals surface area contributed by atoms with Crippen LogP contribution in [0.15, 0.2) is 66.7 Å². The number of morpholine rings is 1. The topological polar surface area (TPSA) is 86.5 Å². The molecule has 3 aromatic carbocycles. The summed E-state index contributed by atoms with van der Waals surface area (Å²) in [7, 11) is 0. The number of rotatable bonds is 5. The number of halogens is 1. The molecule has 0 atom stereocenters. The van der Waals surface area contributed by atoms with Gasteiger partial charge in [0.15, 0.2) is 0 Å². The van der Waals surface area contributed by atoms with Gasteiger partial charge in [0, 0.05) is 30.6 Å². The van der Waals surface area contributed by atoms with Crippen molar-refractivity contribution in [2.75, 3.05) is 26.3 Å². The number of aromatic carboxylic acids is 1. The van der Waals surface area contributed by atoms with E-state index in [1.165, 1.54) is 17.7 Å². The van der Waals surface area contributed by atoms with E-state index in [4.69, 9.17) is 4.74 Å². The van der Waals surface area contributed by atoms with Crippen molar-refractivity contribution in [3.63, 3.8) is 0 Å². The highest BCUT2D eigenvalue weighted by Gasteiger charge is 2.22. The lowest BCUT2D eigenvalue weighted by Gasteiger charge is -2.27. The van der Waals surface area contributed by atoms with E-state index in [2.05, 4.69) is 22.0 Å². The van der Waals surface area contributed by atoms with Gasteiger partial charge in [-0.1, -0.05) is 48.5 Å². The summed E-state index contributed by atoms with van der Waals surface area (Å²) in [6.07, 6.45) is 0. The number of carboxylic acid groups (broad SMARTS) is 1. The van der Waals surface area contributed by atoms with Gasteiger partial charge in [-0.25, -0.2) is 14.2 Å². The van der Waals surface area contributed by atoms with E-state index in [1.807, 2.05) is 42.5 Å². The Morgan fingerprint density at radius 2 is 1.77 bits per heavy atom. The van der Waals surface area contributed by atoms with Crippen molar-refractivity contribution >= 4 is 16.9 Å². The third kappa shape index (κ3) is 4.50. The highest BCUT2D eigenvalue weighted by molar-refractivity contribution is 6.06. The molecule has 35 heavy (non-hydrogen) atoms. The van der Waals surface area contributed by atoms with Crippen LogP contribution in [0.1, 0.15) is 21.5 Å². The quantitative estimate of drug-likeness (QED) is 0.439. The predicted molar refractivity (Wildman–Crippen MR) is 130 cm³/mol. The minimum atomic E-state index is -1.30. The van der Waals surface area contributed by atoms with E-state index < -0.39 is 11.8 Å². The molecule has 1 aromatic heterocycles. The van der Waals surface area contributed by atoms with Crippen molar-refractivity contribution in [3.05, 3.63) is 89.2 Å². The van der Waals surface area contributed by atoms with Crippen molar-refractivity contribution < 1.29 is 19.0 Å². The number of benzene rings is 3. The second-order valence-electron chi connectivity index (χ2n) is 8.41. The number of fused-ring (bicyclic) bond motifs is 1. The van der Waals surface area contributed by atoms with E-state index in [1.54, 1.807) is 0 Å². The molecule has 4 aromatic rings. The van der Waals surface area contributed by atoms with Gasteiger partial charge in [0.1, 0.15) is 11.9 Å². The minimum Gasteiger partial charge on any atom is -0.478 e. The van der Waals surface area contributed by atoms with Crippen LogP contribution in [-0.2, 0) is 11.3 Å². The van der Waals surface area contributed by atoms with Gasteiger partial charge < -0.3 is 9.84 Å². The lowest BCUT2D eigenvalue weighted by atomic mass is 9.94. The lowest BCUT2D eigenvalue weighted by Crippen LogP contribution is -2.35. The Morgan fingerprint density at radius 3 is 2.49 bits per heavy atom. The minimum absolute atomic E-state index is 0.0870. The number of carboxylic acids is 1. The average Bonchev–Trinajstić information content (AvgIpc) is 2.88. The van der Waals surface area contributed by atoms with Gasteiger partial charge in [0.2, 0.25) is 0 Å². The van der Waals surface area contributed by atoms with Crippen LogP contribution in [-0.4, -0.2) is 47.3 Å². The maximum atomic E-state index is 13.8. The van der Waals surface area contributed by atoms with Crippen LogP contribution in [0.5, 0.6) is 0 Å². The molecule has 5 rings (SSSR count). The Labute approximate surface area is 201 Å². The molecule has 174 valence electrons. The Morgan fingerprint density at radius 1 is 1.06 bits per heavy atom.